The summed E-state index contributed by atoms with van der Waals surface area (Å²) in [5.41, 5.74) is 5.84. The lowest BCUT2D eigenvalue weighted by Gasteiger charge is -2.10. The first-order valence-electron chi connectivity index (χ1n) is 5.71. The van der Waals surface area contributed by atoms with Gasteiger partial charge in [0.05, 0.1) is 0 Å². The number of halogens is 1. The van der Waals surface area contributed by atoms with Gasteiger partial charge in [0.1, 0.15) is 0 Å². The Kier molecular flexibility index (Phi) is 5.00. The number of sulfone groups is 1. The predicted molar refractivity (Wildman–Crippen MR) is 72.1 cm³/mol. The minimum atomic E-state index is -3.42. The molecular weight excluding hydrogens is 292 g/mol. The van der Waals surface area contributed by atoms with Crippen molar-refractivity contribution in [1.82, 2.24) is 5.32 Å². The van der Waals surface area contributed by atoms with Crippen molar-refractivity contribution < 1.29 is 17.6 Å². The van der Waals surface area contributed by atoms with Gasteiger partial charge in [-0.15, -0.1) is 12.4 Å². The van der Waals surface area contributed by atoms with E-state index in [9.17, 15) is 13.2 Å². The van der Waals surface area contributed by atoms with Crippen LogP contribution in [0.25, 0.3) is 0 Å². The molecule has 1 atom stereocenters. The van der Waals surface area contributed by atoms with Crippen LogP contribution in [0.3, 0.4) is 0 Å². The molecule has 1 aliphatic carbocycles. The van der Waals surface area contributed by atoms with Gasteiger partial charge < -0.3 is 15.5 Å². The van der Waals surface area contributed by atoms with Crippen LogP contribution in [0.4, 0.5) is 0 Å². The Balaban J connectivity index is 0.00000180. The van der Waals surface area contributed by atoms with E-state index < -0.39 is 15.7 Å². The average Bonchev–Trinajstić information content (AvgIpc) is 3.00. The van der Waals surface area contributed by atoms with Crippen molar-refractivity contribution in [2.75, 3.05) is 12.8 Å². The largest absolute Gasteiger partial charge is 0.440 e. The van der Waals surface area contributed by atoms with Crippen LogP contribution >= 0.6 is 12.4 Å². The number of hydrogen-bond donors (Lipinski definition) is 2. The van der Waals surface area contributed by atoms with E-state index in [2.05, 4.69) is 5.32 Å². The fraction of sp³-hybridized carbons (Fsp3) is 0.545. The Labute approximate surface area is 118 Å². The summed E-state index contributed by atoms with van der Waals surface area (Å²) in [4.78, 5) is 11.7. The Morgan fingerprint density at radius 1 is 1.53 bits per heavy atom. The maximum absolute atomic E-state index is 11.7. The molecule has 2 rings (SSSR count). The summed E-state index contributed by atoms with van der Waals surface area (Å²) >= 11 is 0. The van der Waals surface area contributed by atoms with Crippen LogP contribution in [0.5, 0.6) is 0 Å². The normalized spacial score (nSPS) is 16.5. The predicted octanol–water partition coefficient (Wildman–Crippen LogP) is 0.572. The molecule has 0 radical (unpaired) electrons. The van der Waals surface area contributed by atoms with Crippen molar-refractivity contribution >= 4 is 28.2 Å². The van der Waals surface area contributed by atoms with Crippen LogP contribution in [0, 0.1) is 5.92 Å². The summed E-state index contributed by atoms with van der Waals surface area (Å²) in [6, 6.07) is 2.57. The average molecular weight is 309 g/mol. The van der Waals surface area contributed by atoms with E-state index >= 15 is 0 Å². The molecule has 1 fully saturated rings. The molecule has 3 N–H and O–H groups in total. The molecule has 8 heteroatoms. The topological polar surface area (TPSA) is 102 Å². The summed E-state index contributed by atoms with van der Waals surface area (Å²) in [7, 11) is -3.42. The molecule has 108 valence electrons. The Bertz CT molecular complexity index is 551. The van der Waals surface area contributed by atoms with Gasteiger partial charge in [0.2, 0.25) is 14.9 Å². The highest BCUT2D eigenvalue weighted by Crippen LogP contribution is 2.31. The monoisotopic (exact) mass is 308 g/mol. The third-order valence-electron chi connectivity index (χ3n) is 2.90. The molecule has 1 amide bonds. The second-order valence-corrected chi connectivity index (χ2v) is 6.55. The number of rotatable bonds is 5. The summed E-state index contributed by atoms with van der Waals surface area (Å²) in [5, 5.41) is 2.42. The Morgan fingerprint density at radius 2 is 2.16 bits per heavy atom. The lowest BCUT2D eigenvalue weighted by molar-refractivity contribution is 0.0917. The van der Waals surface area contributed by atoms with Gasteiger partial charge in [-0.1, -0.05) is 0 Å². The number of carbonyl (C=O) groups is 1. The van der Waals surface area contributed by atoms with Crippen LogP contribution in [-0.2, 0) is 9.84 Å². The summed E-state index contributed by atoms with van der Waals surface area (Å²) < 4.78 is 27.4. The fourth-order valence-electron chi connectivity index (χ4n) is 1.63. The zero-order valence-electron chi connectivity index (χ0n) is 10.5. The third kappa shape index (κ3) is 4.22. The van der Waals surface area contributed by atoms with E-state index in [1.807, 2.05) is 0 Å². The first-order chi connectivity index (χ1) is 8.38. The molecule has 1 heterocycles. The summed E-state index contributed by atoms with van der Waals surface area (Å²) in [6.07, 6.45) is 3.24. The first-order valence-corrected chi connectivity index (χ1v) is 7.61. The van der Waals surface area contributed by atoms with E-state index in [0.29, 0.717) is 12.5 Å². The van der Waals surface area contributed by atoms with Crippen molar-refractivity contribution in [3.05, 3.63) is 17.9 Å². The minimum Gasteiger partial charge on any atom is -0.440 e. The fourth-order valence-corrected chi connectivity index (χ4v) is 2.19. The SMILES string of the molecule is CS(=O)(=O)c1ccc(C(=O)NCC(N)C2CC2)o1.Cl. The Hall–Kier alpha value is -1.05. The number of amides is 1. The van der Waals surface area contributed by atoms with E-state index in [-0.39, 0.29) is 29.3 Å². The van der Waals surface area contributed by atoms with Crippen LogP contribution in [0.2, 0.25) is 0 Å². The van der Waals surface area contributed by atoms with Gasteiger partial charge in [0, 0.05) is 18.8 Å². The lowest BCUT2D eigenvalue weighted by atomic mass is 10.2. The van der Waals surface area contributed by atoms with Crippen molar-refractivity contribution in [2.24, 2.45) is 11.7 Å². The standard InChI is InChI=1S/C11H16N2O4S.ClH/c1-18(15,16)10-5-4-9(17-10)11(14)13-6-8(12)7-2-3-7;/h4-5,7-8H,2-3,6,12H2,1H3,(H,13,14);1H. The lowest BCUT2D eigenvalue weighted by Crippen LogP contribution is -2.38. The van der Waals surface area contributed by atoms with Crippen LogP contribution in [-0.4, -0.2) is 33.2 Å². The van der Waals surface area contributed by atoms with Gasteiger partial charge in [0.25, 0.3) is 5.91 Å². The zero-order valence-corrected chi connectivity index (χ0v) is 12.1. The third-order valence-corrected chi connectivity index (χ3v) is 3.85. The highest BCUT2D eigenvalue weighted by molar-refractivity contribution is 7.90. The van der Waals surface area contributed by atoms with Gasteiger partial charge >= 0.3 is 0 Å². The number of carbonyl (C=O) groups excluding carboxylic acids is 1. The second kappa shape index (κ2) is 5.94. The Morgan fingerprint density at radius 3 is 2.63 bits per heavy atom. The molecule has 6 nitrogen and oxygen atoms in total. The molecule has 0 bridgehead atoms. The van der Waals surface area contributed by atoms with E-state index in [4.69, 9.17) is 10.2 Å². The van der Waals surface area contributed by atoms with E-state index in [1.165, 1.54) is 12.1 Å². The maximum atomic E-state index is 11.7. The molecular formula is C11H17ClN2O4S. The van der Waals surface area contributed by atoms with Crippen molar-refractivity contribution in [3.63, 3.8) is 0 Å². The van der Waals surface area contributed by atoms with E-state index in [1.54, 1.807) is 0 Å². The molecule has 1 aromatic heterocycles. The molecule has 0 aromatic carbocycles. The summed E-state index contributed by atoms with van der Waals surface area (Å²) in [6.45, 7) is 0.373. The molecule has 1 saturated carbocycles. The van der Waals surface area contributed by atoms with Crippen molar-refractivity contribution in [3.8, 4) is 0 Å². The quantitative estimate of drug-likeness (QED) is 0.828. The smallest absolute Gasteiger partial charge is 0.287 e. The van der Waals surface area contributed by atoms with Crippen molar-refractivity contribution in [2.45, 2.75) is 24.0 Å². The summed E-state index contributed by atoms with van der Waals surface area (Å²) in [5.74, 6) is 0.0351. The number of nitrogens with one attached hydrogen (secondary N) is 1. The number of nitrogens with two attached hydrogens (primary N) is 1. The molecule has 1 aliphatic rings. The van der Waals surface area contributed by atoms with Crippen molar-refractivity contribution in [1.29, 1.82) is 0 Å². The van der Waals surface area contributed by atoms with Gasteiger partial charge in [0.15, 0.2) is 5.76 Å². The second-order valence-electron chi connectivity index (χ2n) is 4.60. The molecule has 0 spiro atoms. The maximum Gasteiger partial charge on any atom is 0.287 e. The minimum absolute atomic E-state index is 0. The zero-order chi connectivity index (χ0) is 13.3. The van der Waals surface area contributed by atoms with Gasteiger partial charge in [-0.2, -0.15) is 0 Å². The first kappa shape index (κ1) is 16.0. The van der Waals surface area contributed by atoms with Crippen LogP contribution < -0.4 is 11.1 Å². The van der Waals surface area contributed by atoms with E-state index in [0.717, 1.165) is 19.1 Å². The number of hydrogen-bond acceptors (Lipinski definition) is 5. The molecule has 1 aromatic rings. The van der Waals surface area contributed by atoms with Gasteiger partial charge in [-0.05, 0) is 30.9 Å². The highest BCUT2D eigenvalue weighted by Gasteiger charge is 2.28. The highest BCUT2D eigenvalue weighted by atomic mass is 35.5. The van der Waals surface area contributed by atoms with Gasteiger partial charge in [-0.25, -0.2) is 8.42 Å². The number of furan rings is 1. The molecule has 19 heavy (non-hydrogen) atoms. The van der Waals surface area contributed by atoms with Crippen LogP contribution in [0.15, 0.2) is 21.6 Å². The molecule has 0 aliphatic heterocycles. The molecule has 0 saturated heterocycles. The molecule has 1 unspecified atom stereocenters. The van der Waals surface area contributed by atoms with Gasteiger partial charge in [-0.3, -0.25) is 4.79 Å². The van der Waals surface area contributed by atoms with Crippen LogP contribution in [0.1, 0.15) is 23.4 Å².